The normalized spacial score (nSPS) is 10.6. The zero-order valence-corrected chi connectivity index (χ0v) is 14.4. The van der Waals surface area contributed by atoms with Crippen LogP contribution in [0, 0.1) is 0 Å². The summed E-state index contributed by atoms with van der Waals surface area (Å²) in [4.78, 5) is 23.7. The van der Waals surface area contributed by atoms with Gasteiger partial charge in [0, 0.05) is 17.5 Å². The largest absolute Gasteiger partial charge is 0.493 e. The van der Waals surface area contributed by atoms with E-state index in [2.05, 4.69) is 5.32 Å². The molecule has 1 aromatic heterocycles. The third-order valence-corrected chi connectivity index (χ3v) is 3.85. The second kappa shape index (κ2) is 8.88. The summed E-state index contributed by atoms with van der Waals surface area (Å²) < 4.78 is 10.5. The highest BCUT2D eigenvalue weighted by molar-refractivity contribution is 7.08. The number of methoxy groups -OCH3 is 1. The van der Waals surface area contributed by atoms with Gasteiger partial charge in [0.25, 0.3) is 5.91 Å². The van der Waals surface area contributed by atoms with Crippen molar-refractivity contribution in [2.75, 3.05) is 13.7 Å². The molecule has 1 amide bonds. The van der Waals surface area contributed by atoms with E-state index in [-0.39, 0.29) is 18.9 Å². The van der Waals surface area contributed by atoms with Crippen molar-refractivity contribution >= 4 is 29.3 Å². The molecule has 0 saturated carbocycles. The SMILES string of the molecule is C/C=C/c1ccc(OC(=O)CCNC(=O)c2ccsc2)c(OC)c1. The first-order valence-corrected chi connectivity index (χ1v) is 8.40. The highest BCUT2D eigenvalue weighted by Crippen LogP contribution is 2.28. The van der Waals surface area contributed by atoms with Gasteiger partial charge in [0.2, 0.25) is 0 Å². The number of hydrogen-bond donors (Lipinski definition) is 1. The van der Waals surface area contributed by atoms with Gasteiger partial charge in [-0.1, -0.05) is 18.2 Å². The fourth-order valence-electron chi connectivity index (χ4n) is 2.01. The number of carbonyl (C=O) groups excluding carboxylic acids is 2. The molecule has 1 N–H and O–H groups in total. The standard InChI is InChI=1S/C18H19NO4S/c1-3-4-13-5-6-15(16(11-13)22-2)23-17(20)7-9-19-18(21)14-8-10-24-12-14/h3-6,8,10-12H,7,9H2,1-2H3,(H,19,21)/b4-3+. The molecule has 0 aliphatic carbocycles. The van der Waals surface area contributed by atoms with Gasteiger partial charge in [-0.3, -0.25) is 9.59 Å². The second-order valence-electron chi connectivity index (χ2n) is 4.90. The highest BCUT2D eigenvalue weighted by Gasteiger charge is 2.11. The number of nitrogens with one attached hydrogen (secondary N) is 1. The maximum atomic E-state index is 11.9. The smallest absolute Gasteiger partial charge is 0.313 e. The van der Waals surface area contributed by atoms with Gasteiger partial charge in [-0.05, 0) is 36.1 Å². The number of benzene rings is 1. The molecule has 0 bridgehead atoms. The minimum atomic E-state index is -0.433. The van der Waals surface area contributed by atoms with E-state index < -0.39 is 5.97 Å². The van der Waals surface area contributed by atoms with Crippen LogP contribution in [0.4, 0.5) is 0 Å². The molecular weight excluding hydrogens is 326 g/mol. The van der Waals surface area contributed by atoms with Crippen molar-refractivity contribution in [3.63, 3.8) is 0 Å². The molecule has 6 heteroatoms. The summed E-state index contributed by atoms with van der Waals surface area (Å²) in [5, 5.41) is 6.26. The predicted octanol–water partition coefficient (Wildman–Crippen LogP) is 3.52. The third-order valence-electron chi connectivity index (χ3n) is 3.17. The Hall–Kier alpha value is -2.60. The van der Waals surface area contributed by atoms with Gasteiger partial charge in [0.1, 0.15) is 0 Å². The monoisotopic (exact) mass is 345 g/mol. The molecule has 0 atom stereocenters. The van der Waals surface area contributed by atoms with Gasteiger partial charge in [-0.15, -0.1) is 0 Å². The fraction of sp³-hybridized carbons (Fsp3) is 0.222. The van der Waals surface area contributed by atoms with Crippen molar-refractivity contribution in [1.29, 1.82) is 0 Å². The van der Waals surface area contributed by atoms with Crippen LogP contribution >= 0.6 is 11.3 Å². The maximum Gasteiger partial charge on any atom is 0.313 e. The Morgan fingerprint density at radius 3 is 2.75 bits per heavy atom. The molecule has 0 unspecified atom stereocenters. The molecule has 0 fully saturated rings. The molecule has 1 aromatic carbocycles. The number of amides is 1. The molecule has 2 rings (SSSR count). The van der Waals surface area contributed by atoms with E-state index in [1.54, 1.807) is 23.6 Å². The molecule has 5 nitrogen and oxygen atoms in total. The molecule has 0 radical (unpaired) electrons. The van der Waals surface area contributed by atoms with Gasteiger partial charge >= 0.3 is 5.97 Å². The Bertz CT molecular complexity index is 723. The zero-order valence-electron chi connectivity index (χ0n) is 13.6. The van der Waals surface area contributed by atoms with Crippen LogP contribution < -0.4 is 14.8 Å². The lowest BCUT2D eigenvalue weighted by atomic mass is 10.2. The third kappa shape index (κ3) is 4.96. The molecule has 0 spiro atoms. The number of esters is 1. The van der Waals surface area contributed by atoms with Crippen molar-refractivity contribution < 1.29 is 19.1 Å². The first kappa shape index (κ1) is 17.7. The minimum absolute atomic E-state index is 0.0790. The van der Waals surface area contributed by atoms with E-state index in [1.165, 1.54) is 18.4 Å². The number of thiophene rings is 1. The molecule has 24 heavy (non-hydrogen) atoms. The van der Waals surface area contributed by atoms with Gasteiger partial charge in [0.15, 0.2) is 11.5 Å². The average molecular weight is 345 g/mol. The lowest BCUT2D eigenvalue weighted by Crippen LogP contribution is -2.26. The summed E-state index contributed by atoms with van der Waals surface area (Å²) in [6.07, 6.45) is 3.92. The quantitative estimate of drug-likeness (QED) is 0.616. The number of hydrogen-bond acceptors (Lipinski definition) is 5. The number of allylic oxidation sites excluding steroid dienone is 1. The van der Waals surface area contributed by atoms with Crippen molar-refractivity contribution in [3.8, 4) is 11.5 Å². The van der Waals surface area contributed by atoms with E-state index in [4.69, 9.17) is 9.47 Å². The van der Waals surface area contributed by atoms with E-state index in [1.807, 2.05) is 30.5 Å². The van der Waals surface area contributed by atoms with Crippen molar-refractivity contribution in [2.24, 2.45) is 0 Å². The van der Waals surface area contributed by atoms with Crippen molar-refractivity contribution in [3.05, 3.63) is 52.2 Å². The molecule has 0 aliphatic heterocycles. The summed E-state index contributed by atoms with van der Waals surface area (Å²) in [5.74, 6) is 0.219. The van der Waals surface area contributed by atoms with Crippen molar-refractivity contribution in [2.45, 2.75) is 13.3 Å². The predicted molar refractivity (Wildman–Crippen MR) is 94.6 cm³/mol. The Morgan fingerprint density at radius 1 is 1.25 bits per heavy atom. The Morgan fingerprint density at radius 2 is 2.08 bits per heavy atom. The Labute approximate surface area is 144 Å². The van der Waals surface area contributed by atoms with Crippen LogP contribution in [-0.4, -0.2) is 25.5 Å². The van der Waals surface area contributed by atoms with Gasteiger partial charge in [-0.2, -0.15) is 11.3 Å². The molecule has 1 heterocycles. The molecule has 2 aromatic rings. The molecule has 0 aliphatic rings. The summed E-state index contributed by atoms with van der Waals surface area (Å²) in [7, 11) is 1.52. The summed E-state index contributed by atoms with van der Waals surface area (Å²) in [6, 6.07) is 7.05. The Balaban J connectivity index is 1.87. The van der Waals surface area contributed by atoms with E-state index in [0.717, 1.165) is 5.56 Å². The highest BCUT2D eigenvalue weighted by atomic mass is 32.1. The van der Waals surface area contributed by atoms with E-state index >= 15 is 0 Å². The van der Waals surface area contributed by atoms with Crippen LogP contribution in [0.15, 0.2) is 41.1 Å². The molecule has 0 saturated heterocycles. The van der Waals surface area contributed by atoms with Gasteiger partial charge in [0.05, 0.1) is 13.5 Å². The number of carbonyl (C=O) groups is 2. The zero-order chi connectivity index (χ0) is 17.4. The van der Waals surface area contributed by atoms with Crippen LogP contribution in [0.2, 0.25) is 0 Å². The second-order valence-corrected chi connectivity index (χ2v) is 5.68. The van der Waals surface area contributed by atoms with E-state index in [9.17, 15) is 9.59 Å². The summed E-state index contributed by atoms with van der Waals surface area (Å²) >= 11 is 1.45. The number of rotatable bonds is 7. The van der Waals surface area contributed by atoms with Crippen LogP contribution in [0.1, 0.15) is 29.3 Å². The average Bonchev–Trinajstić information content (AvgIpc) is 3.11. The fourth-order valence-corrected chi connectivity index (χ4v) is 2.65. The number of ether oxygens (including phenoxy) is 2. The van der Waals surface area contributed by atoms with E-state index in [0.29, 0.717) is 17.1 Å². The lowest BCUT2D eigenvalue weighted by molar-refractivity contribution is -0.134. The molecule has 126 valence electrons. The lowest BCUT2D eigenvalue weighted by Gasteiger charge is -2.10. The van der Waals surface area contributed by atoms with Crippen LogP contribution in [0.25, 0.3) is 6.08 Å². The molecular formula is C18H19NO4S. The maximum absolute atomic E-state index is 11.9. The van der Waals surface area contributed by atoms with Gasteiger partial charge < -0.3 is 14.8 Å². The summed E-state index contributed by atoms with van der Waals surface area (Å²) in [6.45, 7) is 2.14. The topological polar surface area (TPSA) is 64.6 Å². The van der Waals surface area contributed by atoms with Crippen LogP contribution in [-0.2, 0) is 4.79 Å². The first-order chi connectivity index (χ1) is 11.6. The van der Waals surface area contributed by atoms with Crippen LogP contribution in [0.3, 0.4) is 0 Å². The van der Waals surface area contributed by atoms with Crippen LogP contribution in [0.5, 0.6) is 11.5 Å². The Kier molecular flexibility index (Phi) is 6.57. The summed E-state index contributed by atoms with van der Waals surface area (Å²) in [5.41, 5.74) is 1.55. The van der Waals surface area contributed by atoms with Crippen molar-refractivity contribution in [1.82, 2.24) is 5.32 Å². The minimum Gasteiger partial charge on any atom is -0.493 e. The van der Waals surface area contributed by atoms with Gasteiger partial charge in [-0.25, -0.2) is 0 Å². The first-order valence-electron chi connectivity index (χ1n) is 7.46.